The lowest BCUT2D eigenvalue weighted by molar-refractivity contribution is 0.104. The summed E-state index contributed by atoms with van der Waals surface area (Å²) in [5.41, 5.74) is 1.37. The van der Waals surface area contributed by atoms with Gasteiger partial charge >= 0.3 is 0 Å². The number of nitrogens with one attached hydrogen (secondary N) is 1. The van der Waals surface area contributed by atoms with Crippen LogP contribution in [0.15, 0.2) is 54.2 Å². The number of rotatable bonds is 4. The molecule has 0 amide bonds. The molecule has 0 bridgehead atoms. The number of carbonyl (C=O) groups is 1. The lowest BCUT2D eigenvalue weighted by Gasteiger charge is -2.07. The summed E-state index contributed by atoms with van der Waals surface area (Å²) in [6.07, 6.45) is 1.38. The van der Waals surface area contributed by atoms with Gasteiger partial charge in [0.15, 0.2) is 17.4 Å². The molecule has 0 saturated carbocycles. The molecule has 0 heterocycles. The van der Waals surface area contributed by atoms with Crippen molar-refractivity contribution < 1.29 is 13.6 Å². The molecule has 1 N–H and O–H groups in total. The molecule has 108 valence electrons. The fourth-order valence-electron chi connectivity index (χ4n) is 1.73. The predicted molar refractivity (Wildman–Crippen MR) is 79.5 cm³/mol. The zero-order valence-electron chi connectivity index (χ0n) is 11.2. The Bertz CT molecular complexity index is 696. The van der Waals surface area contributed by atoms with E-state index in [1.807, 2.05) is 0 Å². The largest absolute Gasteiger partial charge is 0.359 e. The molecular formula is C16H12ClF2NO. The Balaban J connectivity index is 2.11. The molecule has 0 atom stereocenters. The topological polar surface area (TPSA) is 29.1 Å². The van der Waals surface area contributed by atoms with Crippen LogP contribution in [0.25, 0.3) is 0 Å². The van der Waals surface area contributed by atoms with Gasteiger partial charge < -0.3 is 5.32 Å². The maximum Gasteiger partial charge on any atom is 0.187 e. The van der Waals surface area contributed by atoms with Gasteiger partial charge in [0.2, 0.25) is 0 Å². The van der Waals surface area contributed by atoms with Crippen LogP contribution in [0.3, 0.4) is 0 Å². The summed E-state index contributed by atoms with van der Waals surface area (Å²) in [5.74, 6) is -2.07. The van der Waals surface area contributed by atoms with E-state index < -0.39 is 11.6 Å². The molecule has 2 rings (SSSR count). The van der Waals surface area contributed by atoms with Crippen molar-refractivity contribution >= 4 is 23.1 Å². The highest BCUT2D eigenvalue weighted by atomic mass is 35.5. The first-order chi connectivity index (χ1) is 9.95. The highest BCUT2D eigenvalue weighted by Crippen LogP contribution is 2.16. The first-order valence-corrected chi connectivity index (χ1v) is 6.54. The number of halogens is 3. The van der Waals surface area contributed by atoms with Gasteiger partial charge in [-0.05, 0) is 43.3 Å². The monoisotopic (exact) mass is 307 g/mol. The predicted octanol–water partition coefficient (Wildman–Crippen LogP) is 4.82. The van der Waals surface area contributed by atoms with Gasteiger partial charge in [-0.25, -0.2) is 8.78 Å². The molecule has 0 aliphatic rings. The Morgan fingerprint density at radius 3 is 2.38 bits per heavy atom. The molecule has 0 aromatic heterocycles. The third-order valence-electron chi connectivity index (χ3n) is 2.74. The van der Waals surface area contributed by atoms with Crippen LogP contribution >= 0.6 is 11.6 Å². The highest BCUT2D eigenvalue weighted by Gasteiger charge is 2.05. The second kappa shape index (κ2) is 6.50. The van der Waals surface area contributed by atoms with E-state index in [-0.39, 0.29) is 5.78 Å². The standard InChI is InChI=1S/C16H12ClF2NO/c1-10(20-13-6-7-14(18)15(19)9-13)8-16(21)11-2-4-12(17)5-3-11/h2-9,20H,1H3/b10-8+. The van der Waals surface area contributed by atoms with Crippen molar-refractivity contribution in [3.63, 3.8) is 0 Å². The number of benzene rings is 2. The zero-order valence-corrected chi connectivity index (χ0v) is 11.9. The Hall–Kier alpha value is -2.20. The van der Waals surface area contributed by atoms with Gasteiger partial charge in [0.05, 0.1) is 0 Å². The average Bonchev–Trinajstić information content (AvgIpc) is 2.43. The maximum atomic E-state index is 13.1. The second-order valence-corrected chi connectivity index (χ2v) is 4.89. The van der Waals surface area contributed by atoms with Crippen molar-refractivity contribution in [2.45, 2.75) is 6.92 Å². The fourth-order valence-corrected chi connectivity index (χ4v) is 1.86. The van der Waals surface area contributed by atoms with Crippen molar-refractivity contribution in [1.29, 1.82) is 0 Å². The van der Waals surface area contributed by atoms with Gasteiger partial charge in [0.25, 0.3) is 0 Å². The summed E-state index contributed by atoms with van der Waals surface area (Å²) in [7, 11) is 0. The molecule has 0 fully saturated rings. The summed E-state index contributed by atoms with van der Waals surface area (Å²) < 4.78 is 25.9. The van der Waals surface area contributed by atoms with E-state index in [9.17, 15) is 13.6 Å². The van der Waals surface area contributed by atoms with Crippen molar-refractivity contribution in [3.05, 3.63) is 76.5 Å². The molecule has 2 aromatic carbocycles. The van der Waals surface area contributed by atoms with Crippen LogP contribution in [0.2, 0.25) is 5.02 Å². The minimum Gasteiger partial charge on any atom is -0.359 e. The summed E-state index contributed by atoms with van der Waals surface area (Å²) in [4.78, 5) is 12.0. The Kier molecular flexibility index (Phi) is 4.70. The molecular weight excluding hydrogens is 296 g/mol. The van der Waals surface area contributed by atoms with Gasteiger partial charge in [-0.3, -0.25) is 4.79 Å². The molecule has 5 heteroatoms. The smallest absolute Gasteiger partial charge is 0.187 e. The molecule has 2 aromatic rings. The van der Waals surface area contributed by atoms with Crippen LogP contribution in [0, 0.1) is 11.6 Å². The highest BCUT2D eigenvalue weighted by molar-refractivity contribution is 6.30. The first-order valence-electron chi connectivity index (χ1n) is 6.16. The maximum absolute atomic E-state index is 13.1. The fraction of sp³-hybridized carbons (Fsp3) is 0.0625. The van der Waals surface area contributed by atoms with Crippen LogP contribution in [0.5, 0.6) is 0 Å². The van der Waals surface area contributed by atoms with E-state index in [4.69, 9.17) is 11.6 Å². The van der Waals surface area contributed by atoms with E-state index in [2.05, 4.69) is 5.32 Å². The van der Waals surface area contributed by atoms with E-state index in [0.29, 0.717) is 22.0 Å². The summed E-state index contributed by atoms with van der Waals surface area (Å²) in [6.45, 7) is 1.66. The molecule has 0 aliphatic carbocycles. The van der Waals surface area contributed by atoms with Crippen molar-refractivity contribution in [2.24, 2.45) is 0 Å². The second-order valence-electron chi connectivity index (χ2n) is 4.45. The Labute approximate surface area is 126 Å². The molecule has 2 nitrogen and oxygen atoms in total. The third-order valence-corrected chi connectivity index (χ3v) is 2.99. The molecule has 0 saturated heterocycles. The molecule has 0 aliphatic heterocycles. The molecule has 21 heavy (non-hydrogen) atoms. The number of hydrogen-bond donors (Lipinski definition) is 1. The number of ketones is 1. The number of allylic oxidation sites excluding steroid dienone is 2. The van der Waals surface area contributed by atoms with Crippen LogP contribution in [0.4, 0.5) is 14.5 Å². The first kappa shape index (κ1) is 15.2. The van der Waals surface area contributed by atoms with E-state index in [1.54, 1.807) is 31.2 Å². The van der Waals surface area contributed by atoms with E-state index in [1.165, 1.54) is 12.1 Å². The number of hydrogen-bond acceptors (Lipinski definition) is 2. The molecule has 0 radical (unpaired) electrons. The third kappa shape index (κ3) is 4.13. The van der Waals surface area contributed by atoms with Gasteiger partial charge in [0, 0.05) is 34.1 Å². The van der Waals surface area contributed by atoms with E-state index >= 15 is 0 Å². The van der Waals surface area contributed by atoms with Crippen molar-refractivity contribution in [2.75, 3.05) is 5.32 Å². The minimum absolute atomic E-state index is 0.209. The van der Waals surface area contributed by atoms with Gasteiger partial charge in [-0.15, -0.1) is 0 Å². The quantitative estimate of drug-likeness (QED) is 0.648. The van der Waals surface area contributed by atoms with Crippen molar-refractivity contribution in [1.82, 2.24) is 0 Å². The number of anilines is 1. The summed E-state index contributed by atoms with van der Waals surface area (Å²) in [6, 6.07) is 9.92. The Morgan fingerprint density at radius 1 is 1.10 bits per heavy atom. The van der Waals surface area contributed by atoms with E-state index in [0.717, 1.165) is 12.1 Å². The van der Waals surface area contributed by atoms with Crippen molar-refractivity contribution in [3.8, 4) is 0 Å². The van der Waals surface area contributed by atoms with Crippen LogP contribution in [-0.4, -0.2) is 5.78 Å². The zero-order chi connectivity index (χ0) is 15.4. The minimum atomic E-state index is -0.947. The van der Waals surface area contributed by atoms with Crippen LogP contribution in [-0.2, 0) is 0 Å². The lowest BCUT2D eigenvalue weighted by atomic mass is 10.1. The summed E-state index contributed by atoms with van der Waals surface area (Å²) in [5, 5.41) is 3.38. The SMILES string of the molecule is C/C(=C\C(=O)c1ccc(Cl)cc1)Nc1ccc(F)c(F)c1. The number of carbonyl (C=O) groups excluding carboxylic acids is 1. The molecule has 0 unspecified atom stereocenters. The van der Waals surface area contributed by atoms with Crippen LogP contribution < -0.4 is 5.32 Å². The average molecular weight is 308 g/mol. The van der Waals surface area contributed by atoms with Gasteiger partial charge in [0.1, 0.15) is 0 Å². The summed E-state index contributed by atoms with van der Waals surface area (Å²) >= 11 is 5.75. The normalized spacial score (nSPS) is 11.3. The van der Waals surface area contributed by atoms with Gasteiger partial charge in [-0.2, -0.15) is 0 Å². The molecule has 0 spiro atoms. The Morgan fingerprint density at radius 2 is 1.76 bits per heavy atom. The van der Waals surface area contributed by atoms with Crippen LogP contribution in [0.1, 0.15) is 17.3 Å². The van der Waals surface area contributed by atoms with Gasteiger partial charge in [-0.1, -0.05) is 11.6 Å². The lowest BCUT2D eigenvalue weighted by Crippen LogP contribution is -2.02.